The van der Waals surface area contributed by atoms with E-state index in [9.17, 15) is 9.59 Å². The van der Waals surface area contributed by atoms with Crippen molar-refractivity contribution in [2.75, 3.05) is 32.8 Å². The first-order valence-electron chi connectivity index (χ1n) is 9.95. The summed E-state index contributed by atoms with van der Waals surface area (Å²) in [5.74, 6) is -0.0233. The van der Waals surface area contributed by atoms with Gasteiger partial charge in [0.15, 0.2) is 5.78 Å². The Morgan fingerprint density at radius 2 is 1.69 bits per heavy atom. The molecule has 1 aromatic heterocycles. The number of rotatable bonds is 4. The van der Waals surface area contributed by atoms with Gasteiger partial charge in [0, 0.05) is 53.1 Å². The minimum absolute atomic E-state index is 0.0233. The zero-order valence-electron chi connectivity index (χ0n) is 16.0. The van der Waals surface area contributed by atoms with Crippen molar-refractivity contribution >= 4 is 28.2 Å². The summed E-state index contributed by atoms with van der Waals surface area (Å²) in [5, 5.41) is 1.68. The zero-order valence-corrected chi connectivity index (χ0v) is 16.7. The van der Waals surface area contributed by atoms with Crippen LogP contribution in [0, 0.1) is 0 Å². The number of carbonyl (C=O) groups is 1. The molecule has 29 heavy (non-hydrogen) atoms. The van der Waals surface area contributed by atoms with Gasteiger partial charge in [0.2, 0.25) is 0 Å². The van der Waals surface area contributed by atoms with Gasteiger partial charge in [-0.1, -0.05) is 41.9 Å². The second kappa shape index (κ2) is 7.41. The van der Waals surface area contributed by atoms with Crippen molar-refractivity contribution in [3.05, 3.63) is 69.0 Å². The van der Waals surface area contributed by atoms with E-state index in [1.54, 1.807) is 22.8 Å². The first kappa shape index (κ1) is 18.6. The lowest BCUT2D eigenvalue weighted by molar-refractivity contribution is 0.0369. The number of nitrogens with zero attached hydrogens (tertiary/aromatic N) is 2. The van der Waals surface area contributed by atoms with Crippen molar-refractivity contribution in [1.82, 2.24) is 9.47 Å². The van der Waals surface area contributed by atoms with Crippen molar-refractivity contribution in [2.45, 2.75) is 13.0 Å². The average molecular weight is 409 g/mol. The van der Waals surface area contributed by atoms with Gasteiger partial charge in [0.05, 0.1) is 24.5 Å². The molecule has 5 nitrogen and oxygen atoms in total. The summed E-state index contributed by atoms with van der Waals surface area (Å²) in [6.45, 7) is 4.80. The van der Waals surface area contributed by atoms with Crippen molar-refractivity contribution < 1.29 is 9.53 Å². The maximum absolute atomic E-state index is 13.4. The molecule has 2 aliphatic rings. The molecule has 1 aliphatic heterocycles. The van der Waals surface area contributed by atoms with Crippen LogP contribution in [0.5, 0.6) is 0 Å². The second-order valence-electron chi connectivity index (χ2n) is 7.55. The number of aromatic nitrogens is 1. The lowest BCUT2D eigenvalue weighted by atomic mass is 10.0. The molecule has 148 valence electrons. The molecular formula is C23H21ClN2O3. The molecule has 2 aromatic carbocycles. The van der Waals surface area contributed by atoms with Crippen LogP contribution in [-0.2, 0) is 11.3 Å². The quantitative estimate of drug-likeness (QED) is 0.518. The molecule has 5 rings (SSSR count). The highest BCUT2D eigenvalue weighted by Crippen LogP contribution is 2.39. The maximum Gasteiger partial charge on any atom is 0.258 e. The molecule has 0 spiro atoms. The summed E-state index contributed by atoms with van der Waals surface area (Å²) in [6, 6.07) is 12.7. The van der Waals surface area contributed by atoms with Crippen LogP contribution in [0.15, 0.2) is 47.3 Å². The molecule has 6 heteroatoms. The molecular weight excluding hydrogens is 388 g/mol. The van der Waals surface area contributed by atoms with Gasteiger partial charge in [0.25, 0.3) is 5.56 Å². The first-order chi connectivity index (χ1) is 14.1. The summed E-state index contributed by atoms with van der Waals surface area (Å²) in [5.41, 5.74) is 2.77. The molecule has 0 saturated carbocycles. The molecule has 0 N–H and O–H groups in total. The standard InChI is InChI=1S/C23H21ClN2O3/c24-15-6-7-16-19(14-15)23(28)26(9-3-8-25-10-12-29-13-11-25)21-17-4-1-2-5-18(17)22(27)20(16)21/h1-2,4-7,14H,3,8-13H2. The van der Waals surface area contributed by atoms with Crippen molar-refractivity contribution in [3.8, 4) is 11.3 Å². The van der Waals surface area contributed by atoms with Crippen LogP contribution in [0.2, 0.25) is 5.02 Å². The Morgan fingerprint density at radius 3 is 2.48 bits per heavy atom. The Bertz CT molecular complexity index is 1180. The number of hydrogen-bond acceptors (Lipinski definition) is 4. The molecule has 2 heterocycles. The third kappa shape index (κ3) is 3.10. The van der Waals surface area contributed by atoms with Gasteiger partial charge in [-0.15, -0.1) is 0 Å². The van der Waals surface area contributed by atoms with E-state index in [2.05, 4.69) is 4.90 Å². The summed E-state index contributed by atoms with van der Waals surface area (Å²) < 4.78 is 7.18. The highest BCUT2D eigenvalue weighted by Gasteiger charge is 2.32. The zero-order chi connectivity index (χ0) is 20.0. The topological polar surface area (TPSA) is 51.5 Å². The van der Waals surface area contributed by atoms with Crippen LogP contribution in [0.1, 0.15) is 22.3 Å². The number of ether oxygens (including phenoxy) is 1. The number of morpholine rings is 1. The SMILES string of the molecule is O=C1c2ccccc2-c2c1c1ccc(Cl)cc1c(=O)n2CCCN1CCOCC1. The van der Waals surface area contributed by atoms with E-state index in [0.717, 1.165) is 50.5 Å². The fourth-order valence-electron chi connectivity index (χ4n) is 4.44. The number of fused-ring (bicyclic) bond motifs is 5. The molecule has 0 amide bonds. The molecule has 3 aromatic rings. The van der Waals surface area contributed by atoms with Gasteiger partial charge < -0.3 is 9.30 Å². The third-order valence-corrected chi connectivity index (χ3v) is 6.08. The molecule has 1 aliphatic carbocycles. The number of ketones is 1. The minimum atomic E-state index is -0.0901. The summed E-state index contributed by atoms with van der Waals surface area (Å²) in [6.07, 6.45) is 0.828. The summed E-state index contributed by atoms with van der Waals surface area (Å²) >= 11 is 6.17. The summed E-state index contributed by atoms with van der Waals surface area (Å²) in [4.78, 5) is 29.0. The van der Waals surface area contributed by atoms with E-state index in [4.69, 9.17) is 16.3 Å². The van der Waals surface area contributed by atoms with E-state index in [1.165, 1.54) is 0 Å². The van der Waals surface area contributed by atoms with Gasteiger partial charge >= 0.3 is 0 Å². The Balaban J connectivity index is 1.62. The first-order valence-corrected chi connectivity index (χ1v) is 10.3. The Morgan fingerprint density at radius 1 is 0.931 bits per heavy atom. The highest BCUT2D eigenvalue weighted by molar-refractivity contribution is 6.32. The molecule has 0 bridgehead atoms. The smallest absolute Gasteiger partial charge is 0.258 e. The maximum atomic E-state index is 13.4. The van der Waals surface area contributed by atoms with Gasteiger partial charge in [0.1, 0.15) is 0 Å². The van der Waals surface area contributed by atoms with Crippen molar-refractivity contribution in [2.24, 2.45) is 0 Å². The normalized spacial score (nSPS) is 16.2. The summed E-state index contributed by atoms with van der Waals surface area (Å²) in [7, 11) is 0. The van der Waals surface area contributed by atoms with E-state index < -0.39 is 0 Å². The molecule has 0 radical (unpaired) electrons. The number of halogens is 1. The fraction of sp³-hybridized carbons (Fsp3) is 0.304. The van der Waals surface area contributed by atoms with E-state index >= 15 is 0 Å². The van der Waals surface area contributed by atoms with Gasteiger partial charge in [-0.2, -0.15) is 0 Å². The Kier molecular flexibility index (Phi) is 4.74. The predicted octanol–water partition coefficient (Wildman–Crippen LogP) is 3.59. The highest BCUT2D eigenvalue weighted by atomic mass is 35.5. The molecule has 0 atom stereocenters. The monoisotopic (exact) mass is 408 g/mol. The largest absolute Gasteiger partial charge is 0.379 e. The second-order valence-corrected chi connectivity index (χ2v) is 7.99. The van der Waals surface area contributed by atoms with Gasteiger partial charge in [-0.25, -0.2) is 0 Å². The predicted molar refractivity (Wildman–Crippen MR) is 114 cm³/mol. The Hall–Kier alpha value is -2.47. The molecule has 1 fully saturated rings. The number of carbonyl (C=O) groups excluding carboxylic acids is 1. The van der Waals surface area contributed by atoms with Gasteiger partial charge in [-0.3, -0.25) is 14.5 Å². The van der Waals surface area contributed by atoms with Crippen molar-refractivity contribution in [1.29, 1.82) is 0 Å². The molecule has 0 unspecified atom stereocenters. The number of pyridine rings is 1. The minimum Gasteiger partial charge on any atom is -0.379 e. The van der Waals surface area contributed by atoms with E-state index in [0.29, 0.717) is 33.5 Å². The van der Waals surface area contributed by atoms with E-state index in [-0.39, 0.29) is 11.3 Å². The lowest BCUT2D eigenvalue weighted by Crippen LogP contribution is -2.37. The van der Waals surface area contributed by atoms with Crippen LogP contribution < -0.4 is 5.56 Å². The van der Waals surface area contributed by atoms with Gasteiger partial charge in [-0.05, 0) is 18.6 Å². The molecule has 1 saturated heterocycles. The van der Waals surface area contributed by atoms with Crippen LogP contribution in [0.3, 0.4) is 0 Å². The van der Waals surface area contributed by atoms with E-state index in [1.807, 2.05) is 24.3 Å². The number of hydrogen-bond donors (Lipinski definition) is 0. The lowest BCUT2D eigenvalue weighted by Gasteiger charge is -2.26. The fourth-order valence-corrected chi connectivity index (χ4v) is 4.62. The van der Waals surface area contributed by atoms with Crippen LogP contribution in [0.25, 0.3) is 22.0 Å². The average Bonchev–Trinajstić information content (AvgIpc) is 3.04. The van der Waals surface area contributed by atoms with Crippen LogP contribution >= 0.6 is 11.6 Å². The number of benzene rings is 2. The third-order valence-electron chi connectivity index (χ3n) is 5.85. The van der Waals surface area contributed by atoms with Crippen LogP contribution in [-0.4, -0.2) is 48.1 Å². The van der Waals surface area contributed by atoms with Crippen molar-refractivity contribution in [3.63, 3.8) is 0 Å². The van der Waals surface area contributed by atoms with Crippen LogP contribution in [0.4, 0.5) is 0 Å². The Labute approximate surface area is 173 Å².